The lowest BCUT2D eigenvalue weighted by Gasteiger charge is -2.51. The molecule has 0 N–H and O–H groups in total. The predicted molar refractivity (Wildman–Crippen MR) is 95.4 cm³/mol. The average molecular weight is 325 g/mol. The lowest BCUT2D eigenvalue weighted by atomic mass is 9.81. The summed E-state index contributed by atoms with van der Waals surface area (Å²) in [5.41, 5.74) is 0.948. The van der Waals surface area contributed by atoms with Crippen LogP contribution in [0.1, 0.15) is 45.1 Å². The van der Waals surface area contributed by atoms with Crippen molar-refractivity contribution >= 4 is 5.91 Å². The van der Waals surface area contributed by atoms with Gasteiger partial charge in [0, 0.05) is 25.4 Å². The number of hydrogen-bond acceptors (Lipinski definition) is 2. The van der Waals surface area contributed by atoms with E-state index in [0.29, 0.717) is 12.3 Å². The van der Waals surface area contributed by atoms with Gasteiger partial charge in [0.05, 0.1) is 6.33 Å². The van der Waals surface area contributed by atoms with Crippen LogP contribution in [0.4, 0.5) is 0 Å². The number of benzene rings is 1. The van der Waals surface area contributed by atoms with E-state index in [1.807, 2.05) is 36.9 Å². The first kappa shape index (κ1) is 16.7. The molecule has 4 nitrogen and oxygen atoms in total. The van der Waals surface area contributed by atoms with Crippen LogP contribution in [0.2, 0.25) is 0 Å². The highest BCUT2D eigenvalue weighted by Gasteiger charge is 2.46. The number of likely N-dealkylation sites (tertiary alicyclic amines) is 1. The lowest BCUT2D eigenvalue weighted by Crippen LogP contribution is -2.59. The number of nitrogens with zero attached hydrogens (tertiary/aromatic N) is 3. The lowest BCUT2D eigenvalue weighted by molar-refractivity contribution is -0.152. The summed E-state index contributed by atoms with van der Waals surface area (Å²) in [5.74, 6) is 0.673. The van der Waals surface area contributed by atoms with Gasteiger partial charge in [-0.3, -0.25) is 4.79 Å². The van der Waals surface area contributed by atoms with Crippen LogP contribution in [0.25, 0.3) is 0 Å². The molecule has 0 aliphatic carbocycles. The molecular formula is C20H27N3O. The maximum Gasteiger partial charge on any atom is 0.224 e. The molecule has 0 spiro atoms. The van der Waals surface area contributed by atoms with Gasteiger partial charge in [-0.1, -0.05) is 44.2 Å². The summed E-state index contributed by atoms with van der Waals surface area (Å²) in [6.07, 6.45) is 10.2. The van der Waals surface area contributed by atoms with Crippen LogP contribution in [-0.2, 0) is 16.9 Å². The minimum atomic E-state index is -0.275. The third kappa shape index (κ3) is 2.97. The molecule has 2 aromatic rings. The van der Waals surface area contributed by atoms with E-state index >= 15 is 0 Å². The standard InChI is InChI=1S/C20H27N3O/c1-3-20(22-15-13-21-16-22)17(2)8-7-14-23(20)19(24)12-11-18-9-5-4-6-10-18/h4-6,9-10,13,15-17H,3,7-8,11-12,14H2,1-2H3. The average Bonchev–Trinajstić information content (AvgIpc) is 3.15. The van der Waals surface area contributed by atoms with Crippen molar-refractivity contribution in [2.24, 2.45) is 5.92 Å². The fraction of sp³-hybridized carbons (Fsp3) is 0.500. The summed E-state index contributed by atoms with van der Waals surface area (Å²) in [4.78, 5) is 19.4. The molecule has 1 aliphatic rings. The van der Waals surface area contributed by atoms with Crippen LogP contribution >= 0.6 is 0 Å². The molecule has 0 bridgehead atoms. The van der Waals surface area contributed by atoms with Gasteiger partial charge < -0.3 is 9.47 Å². The normalized spacial score (nSPS) is 24.1. The smallest absolute Gasteiger partial charge is 0.224 e. The van der Waals surface area contributed by atoms with Crippen molar-refractivity contribution in [3.8, 4) is 0 Å². The second-order valence-corrected chi connectivity index (χ2v) is 6.78. The van der Waals surface area contributed by atoms with Gasteiger partial charge >= 0.3 is 0 Å². The second-order valence-electron chi connectivity index (χ2n) is 6.78. The maximum atomic E-state index is 13.1. The minimum absolute atomic E-state index is 0.251. The maximum absolute atomic E-state index is 13.1. The van der Waals surface area contributed by atoms with E-state index in [1.165, 1.54) is 5.56 Å². The zero-order valence-corrected chi connectivity index (χ0v) is 14.7. The topological polar surface area (TPSA) is 38.1 Å². The van der Waals surface area contributed by atoms with Crippen LogP contribution in [0.3, 0.4) is 0 Å². The van der Waals surface area contributed by atoms with Crippen molar-refractivity contribution in [2.45, 2.75) is 51.6 Å². The highest BCUT2D eigenvalue weighted by molar-refractivity contribution is 5.77. The van der Waals surface area contributed by atoms with E-state index in [2.05, 4.69) is 40.4 Å². The monoisotopic (exact) mass is 325 g/mol. The molecule has 1 aromatic carbocycles. The van der Waals surface area contributed by atoms with Crippen molar-refractivity contribution in [2.75, 3.05) is 6.54 Å². The summed E-state index contributed by atoms with van der Waals surface area (Å²) in [7, 11) is 0. The van der Waals surface area contributed by atoms with E-state index in [0.717, 1.165) is 32.2 Å². The van der Waals surface area contributed by atoms with E-state index in [-0.39, 0.29) is 11.6 Å². The van der Waals surface area contributed by atoms with Gasteiger partial charge in [0.2, 0.25) is 5.91 Å². The second kappa shape index (κ2) is 7.20. The first-order chi connectivity index (χ1) is 11.7. The third-order valence-electron chi connectivity index (χ3n) is 5.52. The van der Waals surface area contributed by atoms with E-state index < -0.39 is 0 Å². The molecule has 2 heterocycles. The number of imidazole rings is 1. The number of hydrogen-bond donors (Lipinski definition) is 0. The summed E-state index contributed by atoms with van der Waals surface area (Å²) in [6.45, 7) is 5.28. The first-order valence-electron chi connectivity index (χ1n) is 9.01. The number of amides is 1. The summed E-state index contributed by atoms with van der Waals surface area (Å²) in [5, 5.41) is 0. The molecule has 0 saturated carbocycles. The summed E-state index contributed by atoms with van der Waals surface area (Å²) < 4.78 is 2.15. The minimum Gasteiger partial charge on any atom is -0.319 e. The van der Waals surface area contributed by atoms with Crippen LogP contribution < -0.4 is 0 Å². The Bertz CT molecular complexity index is 653. The third-order valence-corrected chi connectivity index (χ3v) is 5.52. The Morgan fingerprint density at radius 3 is 2.79 bits per heavy atom. The molecule has 1 fully saturated rings. The molecule has 0 radical (unpaired) electrons. The SMILES string of the molecule is CCC1(n2ccnc2)C(C)CCCN1C(=O)CCc1ccccc1. The Labute approximate surface area is 144 Å². The summed E-state index contributed by atoms with van der Waals surface area (Å²) in [6, 6.07) is 10.3. The zero-order chi connectivity index (χ0) is 17.0. The Balaban J connectivity index is 1.82. The Hall–Kier alpha value is -2.10. The van der Waals surface area contributed by atoms with E-state index in [4.69, 9.17) is 0 Å². The molecule has 24 heavy (non-hydrogen) atoms. The molecule has 2 atom stereocenters. The fourth-order valence-electron chi connectivity index (χ4n) is 4.22. The van der Waals surface area contributed by atoms with E-state index in [9.17, 15) is 4.79 Å². The molecule has 4 heteroatoms. The molecule has 1 saturated heterocycles. The molecule has 3 rings (SSSR count). The highest BCUT2D eigenvalue weighted by atomic mass is 16.2. The zero-order valence-electron chi connectivity index (χ0n) is 14.7. The van der Waals surface area contributed by atoms with E-state index in [1.54, 1.807) is 0 Å². The van der Waals surface area contributed by atoms with Gasteiger partial charge in [0.25, 0.3) is 0 Å². The summed E-state index contributed by atoms with van der Waals surface area (Å²) >= 11 is 0. The largest absolute Gasteiger partial charge is 0.319 e. The number of piperidine rings is 1. The van der Waals surface area contributed by atoms with Crippen LogP contribution in [0, 0.1) is 5.92 Å². The fourth-order valence-corrected chi connectivity index (χ4v) is 4.22. The van der Waals surface area contributed by atoms with Crippen LogP contribution in [0.5, 0.6) is 0 Å². The van der Waals surface area contributed by atoms with Gasteiger partial charge in [0.15, 0.2) is 0 Å². The number of aromatic nitrogens is 2. The van der Waals surface area contributed by atoms with Crippen molar-refractivity contribution in [3.63, 3.8) is 0 Å². The van der Waals surface area contributed by atoms with Crippen LogP contribution in [0.15, 0.2) is 49.1 Å². The molecule has 128 valence electrons. The van der Waals surface area contributed by atoms with Crippen molar-refractivity contribution in [1.29, 1.82) is 0 Å². The van der Waals surface area contributed by atoms with Gasteiger partial charge in [0.1, 0.15) is 5.66 Å². The number of carbonyl (C=O) groups is 1. The number of rotatable bonds is 5. The first-order valence-corrected chi connectivity index (χ1v) is 9.01. The Kier molecular flexibility index (Phi) is 5.03. The van der Waals surface area contributed by atoms with Gasteiger partial charge in [-0.2, -0.15) is 0 Å². The van der Waals surface area contributed by atoms with Crippen molar-refractivity contribution in [1.82, 2.24) is 14.5 Å². The Morgan fingerprint density at radius 2 is 2.12 bits per heavy atom. The van der Waals surface area contributed by atoms with Gasteiger partial charge in [-0.25, -0.2) is 4.98 Å². The van der Waals surface area contributed by atoms with Gasteiger partial charge in [-0.15, -0.1) is 0 Å². The van der Waals surface area contributed by atoms with Crippen LogP contribution in [-0.4, -0.2) is 26.9 Å². The molecule has 2 unspecified atom stereocenters. The Morgan fingerprint density at radius 1 is 1.33 bits per heavy atom. The predicted octanol–water partition coefficient (Wildman–Crippen LogP) is 3.84. The quantitative estimate of drug-likeness (QED) is 0.838. The number of carbonyl (C=O) groups excluding carboxylic acids is 1. The molecule has 1 aromatic heterocycles. The molecule has 1 aliphatic heterocycles. The van der Waals surface area contributed by atoms with Gasteiger partial charge in [-0.05, 0) is 37.2 Å². The molecular weight excluding hydrogens is 298 g/mol. The van der Waals surface area contributed by atoms with Crippen molar-refractivity contribution < 1.29 is 4.79 Å². The number of aryl methyl sites for hydroxylation is 1. The molecule has 1 amide bonds. The highest BCUT2D eigenvalue weighted by Crippen LogP contribution is 2.40. The van der Waals surface area contributed by atoms with Crippen molar-refractivity contribution in [3.05, 3.63) is 54.6 Å².